The van der Waals surface area contributed by atoms with Crippen LogP contribution in [0.3, 0.4) is 0 Å². The molecule has 0 spiro atoms. The monoisotopic (exact) mass is 728 g/mol. The van der Waals surface area contributed by atoms with Gasteiger partial charge in [0.05, 0.1) is 0 Å². The van der Waals surface area contributed by atoms with Crippen molar-refractivity contribution in [3.05, 3.63) is 198 Å². The zero-order valence-electron chi connectivity index (χ0n) is 35.9. The van der Waals surface area contributed by atoms with Gasteiger partial charge < -0.3 is 0 Å². The SMILES string of the molecule is Cc1cc(C)c(B(/C=C/c2ccc(/C=C/c3ccc(/C=C/B(c4c(C)cc(C)cc4C)c4c(C)cc(C)cc4C)cc3)cc2)c2c(C)cc(C)cc2C)c(C)c1. The molecule has 0 fully saturated rings. The first-order valence-electron chi connectivity index (χ1n) is 20.2. The molecule has 0 amide bonds. The summed E-state index contributed by atoms with van der Waals surface area (Å²) < 4.78 is 0. The van der Waals surface area contributed by atoms with Crippen LogP contribution in [0.5, 0.6) is 0 Å². The Balaban J connectivity index is 1.21. The number of rotatable bonds is 10. The van der Waals surface area contributed by atoms with E-state index in [0.717, 1.165) is 0 Å². The highest BCUT2D eigenvalue weighted by Crippen LogP contribution is 2.18. The third kappa shape index (κ3) is 9.20. The molecule has 0 N–H and O–H groups in total. The van der Waals surface area contributed by atoms with E-state index in [2.05, 4.69) is 216 Å². The Kier molecular flexibility index (Phi) is 12.4. The van der Waals surface area contributed by atoms with Crippen LogP contribution in [0.15, 0.2) is 109 Å². The summed E-state index contributed by atoms with van der Waals surface area (Å²) in [6, 6.07) is 36.4. The molecule has 0 radical (unpaired) electrons. The summed E-state index contributed by atoms with van der Waals surface area (Å²) in [6.07, 6.45) is 9.02. The lowest BCUT2D eigenvalue weighted by atomic mass is 9.37. The van der Waals surface area contributed by atoms with Crippen LogP contribution in [0.4, 0.5) is 0 Å². The van der Waals surface area contributed by atoms with Gasteiger partial charge in [-0.2, -0.15) is 0 Å². The normalized spacial score (nSPS) is 11.7. The lowest BCUT2D eigenvalue weighted by Crippen LogP contribution is -2.46. The van der Waals surface area contributed by atoms with E-state index in [1.807, 2.05) is 0 Å². The second kappa shape index (κ2) is 17.2. The summed E-state index contributed by atoms with van der Waals surface area (Å²) in [5.74, 6) is 4.81. The standard InChI is InChI=1S/C54H58B2/c1-35-27-39(5)51(40(6)28-35)55(52-41(7)29-36(2)30-42(52)8)25-23-49-19-15-47(16-20-49)13-14-48-17-21-50(22-18-48)24-26-56(53-43(9)31-37(3)32-44(53)10)54-45(11)33-38(4)34-46(54)12/h13-34H,1-12H3/b14-13+,25-23+,26-24+. The highest BCUT2D eigenvalue weighted by molar-refractivity contribution is 6.91. The average Bonchev–Trinajstić information content (AvgIpc) is 3.10. The third-order valence-electron chi connectivity index (χ3n) is 11.5. The molecule has 0 heterocycles. The van der Waals surface area contributed by atoms with Gasteiger partial charge in [-0.1, -0.05) is 210 Å². The van der Waals surface area contributed by atoms with E-state index in [-0.39, 0.29) is 13.4 Å². The fourth-order valence-electron chi connectivity index (χ4n) is 9.44. The Morgan fingerprint density at radius 1 is 0.268 bits per heavy atom. The van der Waals surface area contributed by atoms with Gasteiger partial charge in [0.2, 0.25) is 13.4 Å². The molecular weight excluding hydrogens is 670 g/mol. The minimum Gasteiger partial charge on any atom is -0.105 e. The third-order valence-corrected chi connectivity index (χ3v) is 11.5. The van der Waals surface area contributed by atoms with Gasteiger partial charge in [-0.3, -0.25) is 0 Å². The lowest BCUT2D eigenvalue weighted by Gasteiger charge is -2.22. The van der Waals surface area contributed by atoms with Crippen LogP contribution in [-0.4, -0.2) is 13.4 Å². The van der Waals surface area contributed by atoms with Crippen LogP contribution < -0.4 is 21.9 Å². The lowest BCUT2D eigenvalue weighted by molar-refractivity contribution is 1.34. The van der Waals surface area contributed by atoms with Gasteiger partial charge in [0.1, 0.15) is 0 Å². The molecule has 56 heavy (non-hydrogen) atoms. The van der Waals surface area contributed by atoms with Crippen molar-refractivity contribution >= 4 is 59.6 Å². The maximum absolute atomic E-state index is 2.41. The van der Waals surface area contributed by atoms with Crippen molar-refractivity contribution < 1.29 is 0 Å². The minimum absolute atomic E-state index is 0.186. The molecule has 0 nitrogen and oxygen atoms in total. The topological polar surface area (TPSA) is 0 Å². The van der Waals surface area contributed by atoms with Gasteiger partial charge in [-0.15, -0.1) is 12.0 Å². The Hall–Kier alpha value is -5.33. The summed E-state index contributed by atoms with van der Waals surface area (Å²) in [5.41, 5.74) is 26.5. The summed E-state index contributed by atoms with van der Waals surface area (Å²) in [7, 11) is 0. The van der Waals surface area contributed by atoms with Crippen molar-refractivity contribution in [1.29, 1.82) is 0 Å². The molecule has 6 aromatic carbocycles. The Labute approximate surface area is 339 Å². The van der Waals surface area contributed by atoms with Gasteiger partial charge in [0.15, 0.2) is 0 Å². The van der Waals surface area contributed by atoms with Gasteiger partial charge in [-0.25, -0.2) is 0 Å². The molecule has 6 aromatic rings. The second-order valence-electron chi connectivity index (χ2n) is 16.6. The molecule has 280 valence electrons. The first kappa shape index (κ1) is 40.3. The van der Waals surface area contributed by atoms with Crippen LogP contribution >= 0.6 is 0 Å². The van der Waals surface area contributed by atoms with E-state index in [9.17, 15) is 0 Å². The predicted molar refractivity (Wildman–Crippen MR) is 253 cm³/mol. The highest BCUT2D eigenvalue weighted by Gasteiger charge is 2.25. The zero-order valence-corrected chi connectivity index (χ0v) is 35.9. The van der Waals surface area contributed by atoms with Crippen molar-refractivity contribution in [2.24, 2.45) is 0 Å². The molecule has 0 aromatic heterocycles. The van der Waals surface area contributed by atoms with Crippen LogP contribution in [0.25, 0.3) is 24.3 Å². The van der Waals surface area contributed by atoms with Crippen molar-refractivity contribution in [3.63, 3.8) is 0 Å². The van der Waals surface area contributed by atoms with E-state index < -0.39 is 0 Å². The summed E-state index contributed by atoms with van der Waals surface area (Å²) >= 11 is 0. The number of benzene rings is 6. The highest BCUT2D eigenvalue weighted by atomic mass is 14.1. The average molecular weight is 729 g/mol. The van der Waals surface area contributed by atoms with E-state index >= 15 is 0 Å². The van der Waals surface area contributed by atoms with Crippen LogP contribution in [0.2, 0.25) is 0 Å². The van der Waals surface area contributed by atoms with E-state index in [1.54, 1.807) is 0 Å². The van der Waals surface area contributed by atoms with Crippen molar-refractivity contribution in [2.75, 3.05) is 0 Å². The molecule has 0 aliphatic heterocycles. The first-order chi connectivity index (χ1) is 26.7. The predicted octanol–water partition coefficient (Wildman–Crippen LogP) is 11.3. The molecule has 0 aliphatic rings. The van der Waals surface area contributed by atoms with Crippen molar-refractivity contribution in [1.82, 2.24) is 0 Å². The first-order valence-corrected chi connectivity index (χ1v) is 20.2. The molecule has 0 saturated carbocycles. The molecule has 0 unspecified atom stereocenters. The zero-order chi connectivity index (χ0) is 40.3. The molecule has 0 bridgehead atoms. The smallest absolute Gasteiger partial charge is 0.105 e. The Bertz CT molecular complexity index is 2090. The van der Waals surface area contributed by atoms with Crippen molar-refractivity contribution in [2.45, 2.75) is 83.1 Å². The number of hydrogen-bond donors (Lipinski definition) is 0. The van der Waals surface area contributed by atoms with Crippen molar-refractivity contribution in [3.8, 4) is 0 Å². The summed E-state index contributed by atoms with van der Waals surface area (Å²) in [5, 5.41) is 0. The molecule has 6 rings (SSSR count). The second-order valence-corrected chi connectivity index (χ2v) is 16.6. The fraction of sp³-hybridized carbons (Fsp3) is 0.222. The van der Waals surface area contributed by atoms with Gasteiger partial charge >= 0.3 is 0 Å². The maximum Gasteiger partial charge on any atom is 0.235 e. The van der Waals surface area contributed by atoms with Gasteiger partial charge in [-0.05, 0) is 105 Å². The van der Waals surface area contributed by atoms with Crippen LogP contribution in [0, 0.1) is 83.1 Å². The molecule has 0 saturated heterocycles. The molecule has 2 heteroatoms. The number of aryl methyl sites for hydroxylation is 12. The maximum atomic E-state index is 2.41. The number of hydrogen-bond acceptors (Lipinski definition) is 0. The van der Waals surface area contributed by atoms with Crippen LogP contribution in [-0.2, 0) is 0 Å². The fourth-order valence-corrected chi connectivity index (χ4v) is 9.44. The molecule has 0 atom stereocenters. The van der Waals surface area contributed by atoms with Gasteiger partial charge in [0, 0.05) is 0 Å². The molecular formula is C54H58B2. The van der Waals surface area contributed by atoms with E-state index in [1.165, 1.54) is 111 Å². The Morgan fingerprint density at radius 3 is 0.643 bits per heavy atom. The minimum atomic E-state index is 0.186. The summed E-state index contributed by atoms with van der Waals surface area (Å²) in [6.45, 7) is 27.2. The van der Waals surface area contributed by atoms with E-state index in [4.69, 9.17) is 0 Å². The summed E-state index contributed by atoms with van der Waals surface area (Å²) in [4.78, 5) is 0. The largest absolute Gasteiger partial charge is 0.235 e. The Morgan fingerprint density at radius 2 is 0.446 bits per heavy atom. The van der Waals surface area contributed by atoms with Crippen LogP contribution in [0.1, 0.15) is 89.0 Å². The van der Waals surface area contributed by atoms with Gasteiger partial charge in [0.25, 0.3) is 0 Å². The molecule has 0 aliphatic carbocycles. The van der Waals surface area contributed by atoms with E-state index in [0.29, 0.717) is 0 Å². The quantitative estimate of drug-likeness (QED) is 0.0973.